The maximum Gasteiger partial charge on any atom is 0.418 e. The molecule has 2 heterocycles. The van der Waals surface area contributed by atoms with Crippen LogP contribution in [0.1, 0.15) is 46.4 Å². The van der Waals surface area contributed by atoms with Crippen LogP contribution in [0.2, 0.25) is 0 Å². The summed E-state index contributed by atoms with van der Waals surface area (Å²) < 4.78 is 71.2. The number of alkyl halides is 3. The number of sulfonamides is 1. The normalized spacial score (nSPS) is 11.9. The van der Waals surface area contributed by atoms with Gasteiger partial charge in [-0.1, -0.05) is 67.9 Å². The zero-order valence-corrected chi connectivity index (χ0v) is 25.0. The van der Waals surface area contributed by atoms with E-state index in [1.807, 2.05) is 6.92 Å². The lowest BCUT2D eigenvalue weighted by Gasteiger charge is -2.13. The highest BCUT2D eigenvalue weighted by atomic mass is 32.2. The van der Waals surface area contributed by atoms with Crippen LogP contribution in [0, 0.1) is 0 Å². The average Bonchev–Trinajstić information content (AvgIpc) is 3.65. The first-order valence-electron chi connectivity index (χ1n) is 13.6. The Kier molecular flexibility index (Phi) is 8.88. The maximum absolute atomic E-state index is 13.8. The number of thiophene rings is 1. The molecule has 1 amide bonds. The fraction of sp³-hybridized carbons (Fsp3) is 0.194. The van der Waals surface area contributed by atoms with Crippen LogP contribution in [0.3, 0.4) is 0 Å². The maximum atomic E-state index is 13.8. The molecule has 44 heavy (non-hydrogen) atoms. The number of carbonyl (C=O) groups is 1. The van der Waals surface area contributed by atoms with Gasteiger partial charge in [-0.25, -0.2) is 17.9 Å². The van der Waals surface area contributed by atoms with E-state index in [0.29, 0.717) is 35.4 Å². The molecule has 0 bridgehead atoms. The molecule has 0 spiro atoms. The topological polar surface area (TPSA) is 103 Å². The van der Waals surface area contributed by atoms with Crippen molar-refractivity contribution in [3.05, 3.63) is 123 Å². The molecule has 0 aliphatic carbocycles. The summed E-state index contributed by atoms with van der Waals surface area (Å²) in [5, 5.41) is 6.01. The molecule has 0 fully saturated rings. The number of unbranched alkanes of at least 4 members (excludes halogenated alkanes) is 1. The number of hydrogen-bond donors (Lipinski definition) is 1. The SMILES string of the molecule is CCCCc1nn(-c2ccccc2C(F)(F)F)c(=O)n1Cc1ccccc1-c1ccc(S(=O)(=O)NC(=O)c2cccs2)cc1. The Morgan fingerprint density at radius 3 is 2.34 bits per heavy atom. The van der Waals surface area contributed by atoms with E-state index in [1.54, 1.807) is 47.8 Å². The van der Waals surface area contributed by atoms with Crippen LogP contribution in [0.5, 0.6) is 0 Å². The number of halogens is 3. The van der Waals surface area contributed by atoms with Crippen molar-refractivity contribution < 1.29 is 26.4 Å². The quantitative estimate of drug-likeness (QED) is 0.193. The number of rotatable bonds is 10. The second-order valence-electron chi connectivity index (χ2n) is 9.91. The molecule has 228 valence electrons. The number of nitrogens with one attached hydrogen (secondary N) is 1. The van der Waals surface area contributed by atoms with Gasteiger partial charge in [0.25, 0.3) is 15.9 Å². The van der Waals surface area contributed by atoms with Crippen LogP contribution in [-0.4, -0.2) is 28.7 Å². The molecule has 13 heteroatoms. The first-order valence-corrected chi connectivity index (χ1v) is 16.0. The van der Waals surface area contributed by atoms with Crippen LogP contribution < -0.4 is 10.4 Å². The highest BCUT2D eigenvalue weighted by Crippen LogP contribution is 2.33. The van der Waals surface area contributed by atoms with Crippen molar-refractivity contribution in [1.82, 2.24) is 19.1 Å². The summed E-state index contributed by atoms with van der Waals surface area (Å²) in [7, 11) is -4.13. The van der Waals surface area contributed by atoms with Gasteiger partial charge in [0.1, 0.15) is 5.82 Å². The van der Waals surface area contributed by atoms with E-state index in [9.17, 15) is 31.2 Å². The minimum Gasteiger partial charge on any atom is -0.274 e. The van der Waals surface area contributed by atoms with Gasteiger partial charge >= 0.3 is 11.9 Å². The summed E-state index contributed by atoms with van der Waals surface area (Å²) in [6, 6.07) is 21.1. The molecule has 0 aliphatic rings. The van der Waals surface area contributed by atoms with E-state index < -0.39 is 33.4 Å². The van der Waals surface area contributed by atoms with E-state index in [4.69, 9.17) is 0 Å². The van der Waals surface area contributed by atoms with Crippen molar-refractivity contribution in [3.8, 4) is 16.8 Å². The molecular weight excluding hydrogens is 613 g/mol. The van der Waals surface area contributed by atoms with Gasteiger partial charge in [0.15, 0.2) is 0 Å². The molecule has 2 aromatic heterocycles. The Balaban J connectivity index is 1.48. The Labute approximate surface area is 255 Å². The number of aromatic nitrogens is 3. The molecule has 8 nitrogen and oxygen atoms in total. The van der Waals surface area contributed by atoms with Crippen LogP contribution in [0.15, 0.2) is 100.0 Å². The number of carbonyl (C=O) groups excluding carboxylic acids is 1. The Hall–Kier alpha value is -4.49. The molecular formula is C31H27F3N4O4S2. The molecule has 0 radical (unpaired) electrons. The molecule has 0 aliphatic heterocycles. The summed E-state index contributed by atoms with van der Waals surface area (Å²) in [5.41, 5.74) is -0.00495. The van der Waals surface area contributed by atoms with Gasteiger partial charge in [0.2, 0.25) is 0 Å². The highest BCUT2D eigenvalue weighted by Gasteiger charge is 2.35. The minimum atomic E-state index is -4.68. The van der Waals surface area contributed by atoms with Crippen molar-refractivity contribution in [1.29, 1.82) is 0 Å². The third-order valence-electron chi connectivity index (χ3n) is 6.92. The molecule has 0 saturated carbocycles. The van der Waals surface area contributed by atoms with Gasteiger partial charge in [0.05, 0.1) is 27.6 Å². The second-order valence-corrected chi connectivity index (χ2v) is 12.5. The summed E-state index contributed by atoms with van der Waals surface area (Å²) in [6.45, 7) is 1.99. The third kappa shape index (κ3) is 6.53. The zero-order chi connectivity index (χ0) is 31.5. The number of hydrogen-bond acceptors (Lipinski definition) is 6. The molecule has 5 rings (SSSR count). The Morgan fingerprint density at radius 2 is 1.66 bits per heavy atom. The van der Waals surface area contributed by atoms with Gasteiger partial charge in [0, 0.05) is 6.42 Å². The largest absolute Gasteiger partial charge is 0.418 e. The third-order valence-corrected chi connectivity index (χ3v) is 9.14. The second kappa shape index (κ2) is 12.6. The average molecular weight is 641 g/mol. The zero-order valence-electron chi connectivity index (χ0n) is 23.4. The molecule has 0 unspecified atom stereocenters. The lowest BCUT2D eigenvalue weighted by atomic mass is 9.99. The molecule has 0 atom stereocenters. The number of nitrogens with zero attached hydrogens (tertiary/aromatic N) is 3. The number of aryl methyl sites for hydroxylation is 1. The predicted octanol–water partition coefficient (Wildman–Crippen LogP) is 6.29. The van der Waals surface area contributed by atoms with Gasteiger partial charge in [-0.2, -0.15) is 17.9 Å². The summed E-state index contributed by atoms with van der Waals surface area (Å²) in [6.07, 6.45) is -2.82. The van der Waals surface area contributed by atoms with Crippen LogP contribution >= 0.6 is 11.3 Å². The first-order chi connectivity index (χ1) is 21.0. The summed E-state index contributed by atoms with van der Waals surface area (Å²) >= 11 is 1.12. The van der Waals surface area contributed by atoms with Gasteiger partial charge in [-0.3, -0.25) is 9.36 Å². The summed E-state index contributed by atoms with van der Waals surface area (Å²) in [5.74, 6) is -0.372. The number of para-hydroxylation sites is 1. The van der Waals surface area contributed by atoms with Crippen LogP contribution in [0.4, 0.5) is 13.2 Å². The van der Waals surface area contributed by atoms with Gasteiger partial charge < -0.3 is 0 Å². The van der Waals surface area contributed by atoms with Crippen molar-refractivity contribution in [2.24, 2.45) is 0 Å². The minimum absolute atomic E-state index is 0.0269. The number of amides is 1. The lowest BCUT2D eigenvalue weighted by Crippen LogP contribution is -2.29. The van der Waals surface area contributed by atoms with E-state index in [1.165, 1.54) is 41.0 Å². The van der Waals surface area contributed by atoms with E-state index in [2.05, 4.69) is 9.82 Å². The predicted molar refractivity (Wildman–Crippen MR) is 161 cm³/mol. The molecule has 1 N–H and O–H groups in total. The van der Waals surface area contributed by atoms with E-state index >= 15 is 0 Å². The van der Waals surface area contributed by atoms with Crippen LogP contribution in [0.25, 0.3) is 16.8 Å². The van der Waals surface area contributed by atoms with Crippen LogP contribution in [-0.2, 0) is 29.2 Å². The Morgan fingerprint density at radius 1 is 0.955 bits per heavy atom. The monoisotopic (exact) mass is 640 g/mol. The number of benzene rings is 3. The van der Waals surface area contributed by atoms with Crippen molar-refractivity contribution >= 4 is 27.3 Å². The summed E-state index contributed by atoms with van der Waals surface area (Å²) in [4.78, 5) is 26.1. The first kappa shape index (κ1) is 31.0. The highest BCUT2D eigenvalue weighted by molar-refractivity contribution is 7.90. The lowest BCUT2D eigenvalue weighted by molar-refractivity contribution is -0.137. The van der Waals surface area contributed by atoms with Crippen molar-refractivity contribution in [2.45, 2.75) is 43.8 Å². The fourth-order valence-electron chi connectivity index (χ4n) is 4.73. The molecule has 3 aromatic carbocycles. The molecule has 5 aromatic rings. The van der Waals surface area contributed by atoms with Gasteiger partial charge in [-0.15, -0.1) is 16.4 Å². The van der Waals surface area contributed by atoms with E-state index in [-0.39, 0.29) is 22.0 Å². The standard InChI is InChI=1S/C31H27F3N4O4S2/c1-2-3-14-28-35-38(26-12-7-6-11-25(26)31(32,33)34)30(40)37(28)20-22-9-4-5-10-24(22)21-15-17-23(18-16-21)44(41,42)36-29(39)27-13-8-19-43-27/h4-13,15-19H,2-3,14,20H2,1H3,(H,36,39). The van der Waals surface area contributed by atoms with Gasteiger partial charge in [-0.05, 0) is 58.8 Å². The van der Waals surface area contributed by atoms with Crippen molar-refractivity contribution in [2.75, 3.05) is 0 Å². The fourth-order valence-corrected chi connectivity index (χ4v) is 6.38. The Bertz CT molecular complexity index is 1950. The smallest absolute Gasteiger partial charge is 0.274 e. The van der Waals surface area contributed by atoms with Crippen molar-refractivity contribution in [3.63, 3.8) is 0 Å². The molecule has 0 saturated heterocycles. The van der Waals surface area contributed by atoms with E-state index in [0.717, 1.165) is 28.5 Å².